The molecular weight excluding hydrogens is 251 g/mol. The second-order valence-corrected chi connectivity index (χ2v) is 5.56. The molecule has 0 saturated carbocycles. The molecule has 0 fully saturated rings. The van der Waals surface area contributed by atoms with Gasteiger partial charge in [-0.3, -0.25) is 0 Å². The molecule has 0 atom stereocenters. The van der Waals surface area contributed by atoms with Crippen LogP contribution in [0.25, 0.3) is 6.08 Å². The Morgan fingerprint density at radius 3 is 2.64 bits per heavy atom. The highest BCUT2D eigenvalue weighted by molar-refractivity contribution is 14.1. The lowest BCUT2D eigenvalue weighted by atomic mass is 10.2. The van der Waals surface area contributed by atoms with Crippen LogP contribution in [-0.2, 0) is 3.42 Å². The Bertz CT molecular complexity index is 257. The Balaban J connectivity index is 2.98. The maximum absolute atomic E-state index is 4.12. The van der Waals surface area contributed by atoms with Gasteiger partial charge in [0.1, 0.15) is 5.82 Å². The Morgan fingerprint density at radius 1 is 1.73 bits per heavy atom. The quantitative estimate of drug-likeness (QED) is 0.644. The van der Waals surface area contributed by atoms with Gasteiger partial charge in [-0.25, -0.2) is 4.98 Å². The number of hydrogen-bond acceptors (Lipinski definition) is 1. The lowest BCUT2D eigenvalue weighted by Gasteiger charge is -2.12. The molecule has 0 amide bonds. The third-order valence-electron chi connectivity index (χ3n) is 1.43. The van der Waals surface area contributed by atoms with Gasteiger partial charge < -0.3 is 4.98 Å². The summed E-state index contributed by atoms with van der Waals surface area (Å²) in [6.45, 7) is 7.90. The molecule has 0 aromatic carbocycles. The highest BCUT2D eigenvalue weighted by Gasteiger charge is 2.17. The number of H-pyrrole nitrogens is 1. The number of imidazole rings is 1. The smallest absolute Gasteiger partial charge is 0.129 e. The molecule has 1 N–H and O–H groups in total. The topological polar surface area (TPSA) is 28.7 Å². The molecule has 1 aromatic heterocycles. The molecule has 0 unspecified atom stereocenters. The number of rotatable bonds is 2. The molecule has 0 spiro atoms. The van der Waals surface area contributed by atoms with Crippen LogP contribution in [0.1, 0.15) is 25.4 Å². The number of nitrogens with zero attached hydrogens (tertiary/aromatic N) is 1. The Kier molecular flexibility index (Phi) is 2.37. The van der Waals surface area contributed by atoms with Gasteiger partial charge in [0.2, 0.25) is 0 Å². The molecule has 60 valence electrons. The third kappa shape index (κ3) is 2.05. The average molecular weight is 262 g/mol. The van der Waals surface area contributed by atoms with Crippen molar-refractivity contribution in [3.8, 4) is 0 Å². The minimum Gasteiger partial charge on any atom is -0.341 e. The largest absolute Gasteiger partial charge is 0.341 e. The van der Waals surface area contributed by atoms with Crippen molar-refractivity contribution < 1.29 is 0 Å². The minimum absolute atomic E-state index is 0.117. The SMILES string of the molecule is C=Cc1ncc(C(C)(C)I)[nH]1. The van der Waals surface area contributed by atoms with Gasteiger partial charge in [0.05, 0.1) is 9.12 Å². The number of halogens is 1. The van der Waals surface area contributed by atoms with E-state index >= 15 is 0 Å². The van der Waals surface area contributed by atoms with E-state index < -0.39 is 0 Å². The normalized spacial score (nSPS) is 11.5. The van der Waals surface area contributed by atoms with E-state index in [1.165, 1.54) is 0 Å². The highest BCUT2D eigenvalue weighted by atomic mass is 127. The van der Waals surface area contributed by atoms with Gasteiger partial charge >= 0.3 is 0 Å². The van der Waals surface area contributed by atoms with E-state index in [4.69, 9.17) is 0 Å². The molecule has 0 aliphatic heterocycles. The molecule has 1 aromatic rings. The monoisotopic (exact) mass is 262 g/mol. The van der Waals surface area contributed by atoms with Gasteiger partial charge in [-0.1, -0.05) is 29.2 Å². The highest BCUT2D eigenvalue weighted by Crippen LogP contribution is 2.28. The molecule has 0 aliphatic carbocycles. The number of aromatic nitrogens is 2. The van der Waals surface area contributed by atoms with Crippen molar-refractivity contribution in [2.24, 2.45) is 0 Å². The van der Waals surface area contributed by atoms with Crippen LogP contribution >= 0.6 is 22.6 Å². The zero-order valence-electron chi connectivity index (χ0n) is 6.69. The summed E-state index contributed by atoms with van der Waals surface area (Å²) in [5.74, 6) is 0.838. The number of nitrogens with one attached hydrogen (secondary N) is 1. The number of alkyl halides is 1. The molecular formula is C8H11IN2. The summed E-state index contributed by atoms with van der Waals surface area (Å²) in [5.41, 5.74) is 1.13. The second-order valence-electron chi connectivity index (χ2n) is 2.86. The van der Waals surface area contributed by atoms with Crippen LogP contribution in [0.4, 0.5) is 0 Å². The Labute approximate surface area is 80.3 Å². The van der Waals surface area contributed by atoms with E-state index in [0.717, 1.165) is 11.5 Å². The van der Waals surface area contributed by atoms with Crippen LogP contribution in [0.2, 0.25) is 0 Å². The molecule has 1 rings (SSSR count). The van der Waals surface area contributed by atoms with E-state index in [2.05, 4.69) is 53.0 Å². The summed E-state index contributed by atoms with van der Waals surface area (Å²) in [4.78, 5) is 7.29. The molecule has 0 radical (unpaired) electrons. The van der Waals surface area contributed by atoms with E-state index in [9.17, 15) is 0 Å². The maximum atomic E-state index is 4.12. The van der Waals surface area contributed by atoms with Crippen LogP contribution in [0.3, 0.4) is 0 Å². The molecule has 0 bridgehead atoms. The van der Waals surface area contributed by atoms with E-state index in [-0.39, 0.29) is 3.42 Å². The first-order valence-electron chi connectivity index (χ1n) is 3.41. The van der Waals surface area contributed by atoms with Gasteiger partial charge in [-0.15, -0.1) is 0 Å². The minimum atomic E-state index is 0.117. The second kappa shape index (κ2) is 2.97. The molecule has 0 aliphatic rings. The Morgan fingerprint density at radius 2 is 2.36 bits per heavy atom. The summed E-state index contributed by atoms with van der Waals surface area (Å²) in [5, 5.41) is 0. The molecule has 2 nitrogen and oxygen atoms in total. The van der Waals surface area contributed by atoms with Crippen molar-refractivity contribution in [1.29, 1.82) is 0 Å². The lowest BCUT2D eigenvalue weighted by molar-refractivity contribution is 0.794. The van der Waals surface area contributed by atoms with E-state index in [0.29, 0.717) is 0 Å². The van der Waals surface area contributed by atoms with Crippen LogP contribution < -0.4 is 0 Å². The van der Waals surface area contributed by atoms with Gasteiger partial charge in [-0.05, 0) is 19.9 Å². The van der Waals surface area contributed by atoms with Crippen LogP contribution in [0.5, 0.6) is 0 Å². The van der Waals surface area contributed by atoms with Gasteiger partial charge in [-0.2, -0.15) is 0 Å². The molecule has 0 saturated heterocycles. The molecule has 3 heteroatoms. The fourth-order valence-electron chi connectivity index (χ4n) is 0.742. The predicted molar refractivity (Wildman–Crippen MR) is 55.7 cm³/mol. The van der Waals surface area contributed by atoms with Crippen molar-refractivity contribution in [2.75, 3.05) is 0 Å². The summed E-state index contributed by atoms with van der Waals surface area (Å²) >= 11 is 2.37. The van der Waals surface area contributed by atoms with E-state index in [1.54, 1.807) is 6.08 Å². The van der Waals surface area contributed by atoms with Crippen molar-refractivity contribution >= 4 is 28.7 Å². The number of aromatic amines is 1. The average Bonchev–Trinajstić information content (AvgIpc) is 2.32. The molecule has 1 heterocycles. The van der Waals surface area contributed by atoms with E-state index in [1.807, 2.05) is 6.20 Å². The van der Waals surface area contributed by atoms with Crippen LogP contribution in [0.15, 0.2) is 12.8 Å². The fourth-order valence-corrected chi connectivity index (χ4v) is 1.02. The first kappa shape index (κ1) is 8.77. The maximum Gasteiger partial charge on any atom is 0.129 e. The Hall–Kier alpha value is -0.320. The van der Waals surface area contributed by atoms with Gasteiger partial charge in [0.25, 0.3) is 0 Å². The zero-order valence-corrected chi connectivity index (χ0v) is 8.84. The first-order valence-corrected chi connectivity index (χ1v) is 4.49. The lowest BCUT2D eigenvalue weighted by Crippen LogP contribution is -2.06. The van der Waals surface area contributed by atoms with Crippen molar-refractivity contribution in [1.82, 2.24) is 9.97 Å². The van der Waals surface area contributed by atoms with Crippen molar-refractivity contribution in [2.45, 2.75) is 17.3 Å². The number of hydrogen-bond donors (Lipinski definition) is 1. The summed E-state index contributed by atoms with van der Waals surface area (Å²) in [6.07, 6.45) is 3.56. The van der Waals surface area contributed by atoms with Gasteiger partial charge in [0.15, 0.2) is 0 Å². The van der Waals surface area contributed by atoms with Crippen molar-refractivity contribution in [3.05, 3.63) is 24.3 Å². The standard InChI is InChI=1S/C8H11IN2/c1-4-7-10-5-6(11-7)8(2,3)9/h4-5H,1H2,2-3H3,(H,10,11). The predicted octanol–water partition coefficient (Wildman–Crippen LogP) is 2.72. The fraction of sp³-hybridized carbons (Fsp3) is 0.375. The zero-order chi connectivity index (χ0) is 8.48. The van der Waals surface area contributed by atoms with Crippen LogP contribution in [0, 0.1) is 0 Å². The molecule has 11 heavy (non-hydrogen) atoms. The summed E-state index contributed by atoms with van der Waals surface area (Å²) in [6, 6.07) is 0. The van der Waals surface area contributed by atoms with Crippen molar-refractivity contribution in [3.63, 3.8) is 0 Å². The van der Waals surface area contributed by atoms with Gasteiger partial charge in [0, 0.05) is 6.20 Å². The summed E-state index contributed by atoms with van der Waals surface area (Å²) in [7, 11) is 0. The summed E-state index contributed by atoms with van der Waals surface area (Å²) < 4.78 is 0.117. The first-order chi connectivity index (χ1) is 5.04. The van der Waals surface area contributed by atoms with Crippen LogP contribution in [-0.4, -0.2) is 9.97 Å². The third-order valence-corrected chi connectivity index (χ3v) is 2.01.